The molecular formula is C19H26N2O2S. The topological polar surface area (TPSA) is 49.4 Å². The maximum Gasteiger partial charge on any atom is 0.242 e. The van der Waals surface area contributed by atoms with Gasteiger partial charge in [-0.3, -0.25) is 0 Å². The monoisotopic (exact) mass is 346 g/mol. The van der Waals surface area contributed by atoms with Gasteiger partial charge in [-0.1, -0.05) is 49.4 Å². The van der Waals surface area contributed by atoms with E-state index in [1.54, 1.807) is 26.2 Å². The van der Waals surface area contributed by atoms with Crippen LogP contribution < -0.4 is 5.32 Å². The van der Waals surface area contributed by atoms with Crippen LogP contribution in [0.4, 0.5) is 0 Å². The van der Waals surface area contributed by atoms with Gasteiger partial charge < -0.3 is 5.32 Å². The molecule has 2 aromatic carbocycles. The average molecular weight is 346 g/mol. The third kappa shape index (κ3) is 4.44. The lowest BCUT2D eigenvalue weighted by molar-refractivity contribution is 0.520. The Morgan fingerprint density at radius 2 is 1.50 bits per heavy atom. The van der Waals surface area contributed by atoms with Gasteiger partial charge in [0, 0.05) is 26.7 Å². The smallest absolute Gasteiger partial charge is 0.242 e. The lowest BCUT2D eigenvalue weighted by Crippen LogP contribution is -2.24. The van der Waals surface area contributed by atoms with Crippen molar-refractivity contribution < 1.29 is 8.42 Å². The first-order valence-corrected chi connectivity index (χ1v) is 9.57. The minimum atomic E-state index is -3.37. The van der Waals surface area contributed by atoms with Crippen LogP contribution in [0.5, 0.6) is 0 Å². The average Bonchev–Trinajstić information content (AvgIpc) is 2.60. The SMILES string of the molecule is C[C@@H](CN[C@H](C)c1ccc(S(=O)(=O)N(C)C)cc1)c1ccccc1. The summed E-state index contributed by atoms with van der Waals surface area (Å²) in [7, 11) is -0.288. The van der Waals surface area contributed by atoms with Crippen molar-refractivity contribution in [2.24, 2.45) is 0 Å². The van der Waals surface area contributed by atoms with Crippen molar-refractivity contribution >= 4 is 10.0 Å². The molecule has 0 aliphatic rings. The van der Waals surface area contributed by atoms with E-state index in [0.29, 0.717) is 10.8 Å². The molecule has 0 saturated heterocycles. The fraction of sp³-hybridized carbons (Fsp3) is 0.368. The van der Waals surface area contributed by atoms with Crippen molar-refractivity contribution in [3.8, 4) is 0 Å². The van der Waals surface area contributed by atoms with Gasteiger partial charge in [0.2, 0.25) is 10.0 Å². The first kappa shape index (κ1) is 18.6. The van der Waals surface area contributed by atoms with E-state index in [2.05, 4.69) is 43.4 Å². The zero-order chi connectivity index (χ0) is 17.7. The first-order chi connectivity index (χ1) is 11.3. The summed E-state index contributed by atoms with van der Waals surface area (Å²) in [4.78, 5) is 0.320. The van der Waals surface area contributed by atoms with E-state index in [0.717, 1.165) is 12.1 Å². The second-order valence-corrected chi connectivity index (χ2v) is 8.45. The van der Waals surface area contributed by atoms with Crippen LogP contribution in [0.3, 0.4) is 0 Å². The Hall–Kier alpha value is -1.69. The van der Waals surface area contributed by atoms with Crippen molar-refractivity contribution in [2.75, 3.05) is 20.6 Å². The van der Waals surface area contributed by atoms with E-state index in [9.17, 15) is 8.42 Å². The molecule has 0 aliphatic carbocycles. The zero-order valence-electron chi connectivity index (χ0n) is 14.7. The van der Waals surface area contributed by atoms with E-state index in [1.165, 1.54) is 9.87 Å². The van der Waals surface area contributed by atoms with Crippen LogP contribution in [-0.2, 0) is 10.0 Å². The summed E-state index contributed by atoms with van der Waals surface area (Å²) in [6.45, 7) is 5.15. The number of nitrogens with one attached hydrogen (secondary N) is 1. The maximum absolute atomic E-state index is 12.1. The standard InChI is InChI=1S/C19H26N2O2S/c1-15(17-8-6-5-7-9-17)14-20-16(2)18-10-12-19(13-11-18)24(22,23)21(3)4/h5-13,15-16,20H,14H2,1-4H3/t15-,16+/m0/s1. The Morgan fingerprint density at radius 1 is 0.917 bits per heavy atom. The summed E-state index contributed by atoms with van der Waals surface area (Å²) < 4.78 is 25.4. The number of rotatable bonds is 7. The third-order valence-corrected chi connectivity index (χ3v) is 6.09. The van der Waals surface area contributed by atoms with Crippen LogP contribution in [0.2, 0.25) is 0 Å². The summed E-state index contributed by atoms with van der Waals surface area (Å²) in [6.07, 6.45) is 0. The van der Waals surface area contributed by atoms with E-state index >= 15 is 0 Å². The highest BCUT2D eigenvalue weighted by molar-refractivity contribution is 7.89. The highest BCUT2D eigenvalue weighted by Gasteiger charge is 2.17. The van der Waals surface area contributed by atoms with Gasteiger partial charge in [0.15, 0.2) is 0 Å². The summed E-state index contributed by atoms with van der Waals surface area (Å²) in [5.74, 6) is 0.419. The molecule has 0 aromatic heterocycles. The minimum Gasteiger partial charge on any atom is -0.310 e. The van der Waals surface area contributed by atoms with Crippen LogP contribution in [0.1, 0.15) is 36.9 Å². The quantitative estimate of drug-likeness (QED) is 0.836. The molecule has 0 fully saturated rings. The van der Waals surface area contributed by atoms with Gasteiger partial charge in [0.25, 0.3) is 0 Å². The molecule has 0 heterocycles. The fourth-order valence-corrected chi connectivity index (χ4v) is 3.41. The maximum atomic E-state index is 12.1. The predicted molar refractivity (Wildman–Crippen MR) is 98.6 cm³/mol. The van der Waals surface area contributed by atoms with Gasteiger partial charge in [-0.15, -0.1) is 0 Å². The van der Waals surface area contributed by atoms with E-state index in [4.69, 9.17) is 0 Å². The second-order valence-electron chi connectivity index (χ2n) is 6.30. The molecule has 4 nitrogen and oxygen atoms in total. The fourth-order valence-electron chi connectivity index (χ4n) is 2.51. The van der Waals surface area contributed by atoms with Gasteiger partial charge in [-0.2, -0.15) is 0 Å². The van der Waals surface area contributed by atoms with Gasteiger partial charge in [0.05, 0.1) is 4.90 Å². The third-order valence-electron chi connectivity index (χ3n) is 4.26. The van der Waals surface area contributed by atoms with Gasteiger partial charge in [0.1, 0.15) is 0 Å². The van der Waals surface area contributed by atoms with Crippen molar-refractivity contribution in [1.82, 2.24) is 9.62 Å². The molecule has 0 aliphatic heterocycles. The summed E-state index contributed by atoms with van der Waals surface area (Å²) in [6, 6.07) is 17.7. The van der Waals surface area contributed by atoms with Crippen LogP contribution in [-0.4, -0.2) is 33.4 Å². The zero-order valence-corrected chi connectivity index (χ0v) is 15.5. The molecule has 0 radical (unpaired) electrons. The van der Waals surface area contributed by atoms with Gasteiger partial charge >= 0.3 is 0 Å². The molecule has 2 rings (SSSR count). The lowest BCUT2D eigenvalue weighted by Gasteiger charge is -2.19. The predicted octanol–water partition coefficient (Wildman–Crippen LogP) is 3.39. The molecule has 0 amide bonds. The van der Waals surface area contributed by atoms with Crippen LogP contribution in [0, 0.1) is 0 Å². The molecule has 24 heavy (non-hydrogen) atoms. The second kappa shape index (κ2) is 7.92. The largest absolute Gasteiger partial charge is 0.310 e. The number of nitrogens with zero attached hydrogens (tertiary/aromatic N) is 1. The molecule has 2 atom stereocenters. The van der Waals surface area contributed by atoms with E-state index in [1.807, 2.05) is 18.2 Å². The van der Waals surface area contributed by atoms with Crippen LogP contribution in [0.25, 0.3) is 0 Å². The number of sulfonamides is 1. The number of benzene rings is 2. The van der Waals surface area contributed by atoms with Gasteiger partial charge in [-0.25, -0.2) is 12.7 Å². The number of hydrogen-bond donors (Lipinski definition) is 1. The summed E-state index contributed by atoms with van der Waals surface area (Å²) in [5, 5.41) is 3.52. The Kier molecular flexibility index (Phi) is 6.15. The number of hydrogen-bond acceptors (Lipinski definition) is 3. The molecule has 0 unspecified atom stereocenters. The molecule has 0 bridgehead atoms. The molecule has 1 N–H and O–H groups in total. The first-order valence-electron chi connectivity index (χ1n) is 8.13. The van der Waals surface area contributed by atoms with Crippen molar-refractivity contribution in [1.29, 1.82) is 0 Å². The lowest BCUT2D eigenvalue weighted by atomic mass is 10.0. The van der Waals surface area contributed by atoms with E-state index in [-0.39, 0.29) is 6.04 Å². The molecule has 5 heteroatoms. The highest BCUT2D eigenvalue weighted by Crippen LogP contribution is 2.19. The molecule has 2 aromatic rings. The van der Waals surface area contributed by atoms with Crippen molar-refractivity contribution in [3.63, 3.8) is 0 Å². The normalized spacial score (nSPS) is 14.5. The highest BCUT2D eigenvalue weighted by atomic mass is 32.2. The molecule has 130 valence electrons. The Labute approximate surface area is 145 Å². The van der Waals surface area contributed by atoms with Gasteiger partial charge in [-0.05, 0) is 36.1 Å². The molecule has 0 spiro atoms. The molecular weight excluding hydrogens is 320 g/mol. The Bertz CT molecular complexity index is 741. The van der Waals surface area contributed by atoms with Crippen LogP contribution in [0.15, 0.2) is 59.5 Å². The van der Waals surface area contributed by atoms with Crippen molar-refractivity contribution in [3.05, 3.63) is 65.7 Å². The van der Waals surface area contributed by atoms with E-state index < -0.39 is 10.0 Å². The Balaban J connectivity index is 1.99. The Morgan fingerprint density at radius 3 is 2.04 bits per heavy atom. The molecule has 0 saturated carbocycles. The van der Waals surface area contributed by atoms with Crippen molar-refractivity contribution in [2.45, 2.75) is 30.7 Å². The summed E-state index contributed by atoms with van der Waals surface area (Å²) in [5.41, 5.74) is 2.39. The summed E-state index contributed by atoms with van der Waals surface area (Å²) >= 11 is 0. The van der Waals surface area contributed by atoms with Crippen LogP contribution >= 0.6 is 0 Å². The minimum absolute atomic E-state index is 0.160.